The lowest BCUT2D eigenvalue weighted by atomic mass is 9.92. The Bertz CT molecular complexity index is 5150. The normalized spacial score (nSPS) is 12.5. The summed E-state index contributed by atoms with van der Waals surface area (Å²) in [5.74, 6) is 0. The fraction of sp³-hybridized carbons (Fsp3) is 0. The zero-order chi connectivity index (χ0) is 51.0. The fourth-order valence-corrected chi connectivity index (χ4v) is 14.1. The van der Waals surface area contributed by atoms with Crippen LogP contribution in [0.4, 0.5) is 17.1 Å². The molecule has 0 spiro atoms. The Hall–Kier alpha value is -9.87. The maximum atomic E-state index is 2.47. The van der Waals surface area contributed by atoms with Gasteiger partial charge in [0.1, 0.15) is 0 Å². The summed E-state index contributed by atoms with van der Waals surface area (Å²) >= 11 is 1.87. The largest absolute Gasteiger partial charge is 0.309 e. The van der Waals surface area contributed by atoms with Crippen LogP contribution in [0.5, 0.6) is 0 Å². The first-order valence-corrected chi connectivity index (χ1v) is 27.6. The molecule has 0 amide bonds. The molecule has 0 aliphatic carbocycles. The summed E-state index contributed by atoms with van der Waals surface area (Å²) in [5.41, 5.74) is 15.6. The molecule has 0 N–H and O–H groups in total. The number of benzene rings is 14. The highest BCUT2D eigenvalue weighted by atomic mass is 32.2. The average Bonchev–Trinajstić information content (AvgIpc) is 4.13. The van der Waals surface area contributed by atoms with Crippen molar-refractivity contribution in [3.05, 3.63) is 273 Å². The van der Waals surface area contributed by atoms with Gasteiger partial charge >= 0.3 is 0 Å². The number of fused-ring (bicyclic) bond motifs is 14. The van der Waals surface area contributed by atoms with Gasteiger partial charge in [0.25, 0.3) is 0 Å². The molecule has 16 aromatic rings. The summed E-state index contributed by atoms with van der Waals surface area (Å²) in [4.78, 5) is 4.90. The van der Waals surface area contributed by atoms with Crippen molar-refractivity contribution in [1.29, 1.82) is 0 Å². The molecule has 0 saturated heterocycles. The van der Waals surface area contributed by atoms with Crippen LogP contribution in [0.3, 0.4) is 0 Å². The summed E-state index contributed by atoms with van der Waals surface area (Å²) < 4.78 is 4.92. The Morgan fingerprint density at radius 1 is 0.244 bits per heavy atom. The van der Waals surface area contributed by atoms with Gasteiger partial charge in [-0.2, -0.15) is 0 Å². The van der Waals surface area contributed by atoms with E-state index in [1.54, 1.807) is 0 Å². The summed E-state index contributed by atoms with van der Waals surface area (Å²) in [5, 5.41) is 17.4. The van der Waals surface area contributed by atoms with Gasteiger partial charge in [0.15, 0.2) is 0 Å². The van der Waals surface area contributed by atoms with E-state index in [0.29, 0.717) is 0 Å². The smallest absolute Gasteiger partial charge is 0.0619 e. The lowest BCUT2D eigenvalue weighted by molar-refractivity contribution is 1.17. The second-order valence-corrected chi connectivity index (χ2v) is 22.0. The maximum absolute atomic E-state index is 2.47. The molecule has 0 bridgehead atoms. The van der Waals surface area contributed by atoms with Crippen molar-refractivity contribution in [1.82, 2.24) is 9.13 Å². The zero-order valence-corrected chi connectivity index (χ0v) is 43.0. The Kier molecular flexibility index (Phi) is 9.35. The lowest BCUT2D eigenvalue weighted by Gasteiger charge is -2.33. The molecule has 3 heterocycles. The number of para-hydroxylation sites is 3. The van der Waals surface area contributed by atoms with Gasteiger partial charge < -0.3 is 14.0 Å². The molecular formula is C74H45N3S. The van der Waals surface area contributed by atoms with Crippen LogP contribution in [-0.2, 0) is 0 Å². The quantitative estimate of drug-likeness (QED) is 0.159. The third-order valence-electron chi connectivity index (χ3n) is 16.5. The van der Waals surface area contributed by atoms with Crippen LogP contribution in [0.1, 0.15) is 0 Å². The molecule has 3 nitrogen and oxygen atoms in total. The van der Waals surface area contributed by atoms with Crippen LogP contribution in [0.2, 0.25) is 0 Å². The van der Waals surface area contributed by atoms with E-state index in [1.165, 1.54) is 147 Å². The van der Waals surface area contributed by atoms with Gasteiger partial charge in [0, 0.05) is 53.8 Å². The number of hydrogen-bond donors (Lipinski definition) is 0. The highest BCUT2D eigenvalue weighted by Crippen LogP contribution is 2.54. The molecular weight excluding hydrogens is 963 g/mol. The maximum Gasteiger partial charge on any atom is 0.0619 e. The second-order valence-electron chi connectivity index (χ2n) is 20.9. The minimum Gasteiger partial charge on any atom is -0.309 e. The SMILES string of the molecule is c1ccc(N2c3ccc(-c4ccc5c(c4)c4ccccc4n5-c4ccc5cc6c(ccc7c8ccccc8n(-c8ccc9ccccc9c8)c67)cc5c4)cc3Sc3cc(-c4c5ccccc5cc5ccccc45)ccc32)cc1. The van der Waals surface area contributed by atoms with Crippen LogP contribution in [0.25, 0.3) is 131 Å². The second kappa shape index (κ2) is 16.8. The van der Waals surface area contributed by atoms with Gasteiger partial charge in [-0.3, -0.25) is 0 Å². The number of nitrogens with zero attached hydrogens (tertiary/aromatic N) is 3. The number of rotatable bonds is 5. The number of anilines is 3. The van der Waals surface area contributed by atoms with Gasteiger partial charge in [-0.25, -0.2) is 0 Å². The van der Waals surface area contributed by atoms with Crippen molar-refractivity contribution in [2.24, 2.45) is 0 Å². The Labute approximate surface area is 454 Å². The summed E-state index contributed by atoms with van der Waals surface area (Å²) in [6.07, 6.45) is 0. The Morgan fingerprint density at radius 3 is 1.50 bits per heavy atom. The molecule has 2 aromatic heterocycles. The topological polar surface area (TPSA) is 13.1 Å². The molecule has 4 heteroatoms. The monoisotopic (exact) mass is 1010 g/mol. The van der Waals surface area contributed by atoms with E-state index in [4.69, 9.17) is 0 Å². The average molecular weight is 1010 g/mol. The third-order valence-corrected chi connectivity index (χ3v) is 17.6. The van der Waals surface area contributed by atoms with Gasteiger partial charge in [-0.15, -0.1) is 0 Å². The summed E-state index contributed by atoms with van der Waals surface area (Å²) in [6, 6.07) is 101. The summed E-state index contributed by atoms with van der Waals surface area (Å²) in [6.45, 7) is 0. The zero-order valence-electron chi connectivity index (χ0n) is 42.2. The van der Waals surface area contributed by atoms with E-state index in [1.807, 2.05) is 11.8 Å². The first-order chi connectivity index (χ1) is 38.6. The van der Waals surface area contributed by atoms with Crippen LogP contribution >= 0.6 is 11.8 Å². The van der Waals surface area contributed by atoms with E-state index >= 15 is 0 Å². The molecule has 0 unspecified atom stereocenters. The lowest BCUT2D eigenvalue weighted by Crippen LogP contribution is -2.14. The number of aromatic nitrogens is 2. The number of hydrogen-bond acceptors (Lipinski definition) is 2. The van der Waals surface area contributed by atoms with E-state index in [0.717, 1.165) is 11.4 Å². The van der Waals surface area contributed by atoms with E-state index in [-0.39, 0.29) is 0 Å². The Balaban J connectivity index is 0.776. The molecule has 1 aliphatic rings. The van der Waals surface area contributed by atoms with Crippen LogP contribution in [-0.4, -0.2) is 9.13 Å². The van der Waals surface area contributed by atoms with Crippen molar-refractivity contribution < 1.29 is 0 Å². The van der Waals surface area contributed by atoms with Crippen molar-refractivity contribution >= 4 is 126 Å². The summed E-state index contributed by atoms with van der Waals surface area (Å²) in [7, 11) is 0. The first-order valence-electron chi connectivity index (χ1n) is 26.8. The molecule has 14 aromatic carbocycles. The Morgan fingerprint density at radius 2 is 0.744 bits per heavy atom. The highest BCUT2D eigenvalue weighted by Gasteiger charge is 2.27. The van der Waals surface area contributed by atoms with Crippen LogP contribution in [0.15, 0.2) is 283 Å². The molecule has 1 aliphatic heterocycles. The van der Waals surface area contributed by atoms with Gasteiger partial charge in [0.05, 0.1) is 33.4 Å². The predicted molar refractivity (Wildman–Crippen MR) is 332 cm³/mol. The standard InChI is InChI=1S/C74H45N3S/c1-2-18-56(19-3-1)75-69-36-30-50(44-71(69)78-72-45-54(31-37-70(72)75)73-59-20-8-6-16-51(59)38-52-17-7-9-21-60(52)73)48-29-35-68-65(43-48)62-23-11-12-24-66(62)76(68)57-33-27-49-42-64-53(39-55(49)41-57)28-34-63-61-22-10-13-25-67(61)77(74(63)64)58-32-26-46-14-4-5-15-47(46)40-58/h1-45H. The fourth-order valence-electron chi connectivity index (χ4n) is 13.0. The minimum atomic E-state index is 1.14. The molecule has 0 radical (unpaired) electrons. The van der Waals surface area contributed by atoms with E-state index in [2.05, 4.69) is 287 Å². The van der Waals surface area contributed by atoms with Crippen molar-refractivity contribution in [3.63, 3.8) is 0 Å². The van der Waals surface area contributed by atoms with Crippen molar-refractivity contribution in [2.45, 2.75) is 9.79 Å². The van der Waals surface area contributed by atoms with Crippen molar-refractivity contribution in [3.8, 4) is 33.6 Å². The van der Waals surface area contributed by atoms with Gasteiger partial charge in [-0.1, -0.05) is 182 Å². The van der Waals surface area contributed by atoms with Gasteiger partial charge in [0.2, 0.25) is 0 Å². The minimum absolute atomic E-state index is 1.14. The first kappa shape index (κ1) is 43.4. The van der Waals surface area contributed by atoms with Gasteiger partial charge in [-0.05, 0) is 174 Å². The van der Waals surface area contributed by atoms with E-state index in [9.17, 15) is 0 Å². The molecule has 362 valence electrons. The molecule has 0 atom stereocenters. The van der Waals surface area contributed by atoms with Crippen molar-refractivity contribution in [2.75, 3.05) is 4.90 Å². The van der Waals surface area contributed by atoms with E-state index < -0.39 is 0 Å². The molecule has 78 heavy (non-hydrogen) atoms. The van der Waals surface area contributed by atoms with Crippen LogP contribution in [0, 0.1) is 0 Å². The molecule has 0 fully saturated rings. The predicted octanol–water partition coefficient (Wildman–Crippen LogP) is 20.9. The third kappa shape index (κ3) is 6.54. The van der Waals surface area contributed by atoms with Crippen LogP contribution < -0.4 is 4.90 Å². The molecule has 0 saturated carbocycles. The molecule has 17 rings (SSSR count). The highest BCUT2D eigenvalue weighted by molar-refractivity contribution is 7.99.